The van der Waals surface area contributed by atoms with Crippen molar-refractivity contribution in [2.45, 2.75) is 33.0 Å². The van der Waals surface area contributed by atoms with Gasteiger partial charge in [-0.25, -0.2) is 4.39 Å². The zero-order valence-electron chi connectivity index (χ0n) is 24.1. The van der Waals surface area contributed by atoms with Gasteiger partial charge in [-0.15, -0.1) is 0 Å². The van der Waals surface area contributed by atoms with Gasteiger partial charge < -0.3 is 19.1 Å². The quantitative estimate of drug-likeness (QED) is 0.128. The molecule has 0 fully saturated rings. The summed E-state index contributed by atoms with van der Waals surface area (Å²) < 4.78 is 21.0. The van der Waals surface area contributed by atoms with Crippen LogP contribution in [0.3, 0.4) is 0 Å². The van der Waals surface area contributed by atoms with Gasteiger partial charge in [0, 0.05) is 50.8 Å². The molecule has 0 radical (unpaired) electrons. The van der Waals surface area contributed by atoms with Crippen LogP contribution in [0.2, 0.25) is 0 Å². The van der Waals surface area contributed by atoms with Crippen LogP contribution < -0.4 is 0 Å². The SMILES string of the molecule is CCOCCCN(CC(=O)N(Cc1ccccc1)Cc1cccn1Cc1ccc(F)cc1)C(=O)C=Cc1ccccc1. The molecule has 0 saturated carbocycles. The van der Waals surface area contributed by atoms with Crippen LogP contribution in [0.4, 0.5) is 4.39 Å². The van der Waals surface area contributed by atoms with E-state index < -0.39 is 0 Å². The number of hydrogen-bond donors (Lipinski definition) is 0. The van der Waals surface area contributed by atoms with Gasteiger partial charge in [-0.3, -0.25) is 9.59 Å². The molecule has 3 aromatic carbocycles. The van der Waals surface area contributed by atoms with Gasteiger partial charge >= 0.3 is 0 Å². The molecule has 0 saturated heterocycles. The number of halogens is 1. The van der Waals surface area contributed by atoms with Crippen LogP contribution in [0, 0.1) is 5.82 Å². The molecule has 0 spiro atoms. The number of amides is 2. The van der Waals surface area contributed by atoms with E-state index in [1.54, 1.807) is 28.0 Å². The standard InChI is InChI=1S/C35H38FN3O3/c1-2-42-24-10-23-38(34(40)21-18-29-11-5-3-6-12-29)28-35(41)39(26-30-13-7-4-8-14-30)27-33-15-9-22-37(33)25-31-16-19-32(36)20-17-31/h3-9,11-22H,2,10,23-28H2,1H3. The van der Waals surface area contributed by atoms with E-state index in [0.29, 0.717) is 45.8 Å². The number of benzene rings is 3. The van der Waals surface area contributed by atoms with Crippen molar-refractivity contribution in [1.29, 1.82) is 0 Å². The summed E-state index contributed by atoms with van der Waals surface area (Å²) in [5, 5.41) is 0. The molecule has 2 amide bonds. The van der Waals surface area contributed by atoms with Gasteiger partial charge in [0.2, 0.25) is 11.8 Å². The molecule has 0 unspecified atom stereocenters. The Balaban J connectivity index is 1.52. The molecule has 0 aliphatic carbocycles. The second-order valence-corrected chi connectivity index (χ2v) is 10.0. The minimum atomic E-state index is -0.273. The monoisotopic (exact) mass is 567 g/mol. The van der Waals surface area contributed by atoms with Gasteiger partial charge in [-0.1, -0.05) is 72.8 Å². The van der Waals surface area contributed by atoms with Crippen molar-refractivity contribution < 1.29 is 18.7 Å². The predicted octanol–water partition coefficient (Wildman–Crippen LogP) is 6.17. The van der Waals surface area contributed by atoms with Crippen molar-refractivity contribution in [3.8, 4) is 0 Å². The minimum Gasteiger partial charge on any atom is -0.382 e. The average molecular weight is 568 g/mol. The highest BCUT2D eigenvalue weighted by atomic mass is 19.1. The van der Waals surface area contributed by atoms with Crippen LogP contribution in [0.1, 0.15) is 35.7 Å². The van der Waals surface area contributed by atoms with E-state index in [-0.39, 0.29) is 24.2 Å². The summed E-state index contributed by atoms with van der Waals surface area (Å²) in [5.41, 5.74) is 3.83. The second kappa shape index (κ2) is 16.1. The van der Waals surface area contributed by atoms with E-state index in [1.165, 1.54) is 18.2 Å². The first-order valence-corrected chi connectivity index (χ1v) is 14.3. The van der Waals surface area contributed by atoms with Crippen molar-refractivity contribution in [3.63, 3.8) is 0 Å². The van der Waals surface area contributed by atoms with Crippen molar-refractivity contribution in [2.24, 2.45) is 0 Å². The first kappa shape index (κ1) is 30.5. The Morgan fingerprint density at radius 1 is 0.833 bits per heavy atom. The van der Waals surface area contributed by atoms with E-state index in [0.717, 1.165) is 22.4 Å². The Hall–Kier alpha value is -4.49. The molecule has 4 aromatic rings. The Bertz CT molecular complexity index is 1420. The fourth-order valence-electron chi connectivity index (χ4n) is 4.63. The topological polar surface area (TPSA) is 54.8 Å². The summed E-state index contributed by atoms with van der Waals surface area (Å²) >= 11 is 0. The van der Waals surface area contributed by atoms with Gasteiger partial charge in [-0.2, -0.15) is 0 Å². The number of ether oxygens (including phenoxy) is 1. The zero-order valence-corrected chi connectivity index (χ0v) is 24.1. The smallest absolute Gasteiger partial charge is 0.247 e. The molecular weight excluding hydrogens is 529 g/mol. The maximum absolute atomic E-state index is 13.9. The third kappa shape index (κ3) is 9.56. The van der Waals surface area contributed by atoms with E-state index >= 15 is 0 Å². The normalized spacial score (nSPS) is 11.1. The van der Waals surface area contributed by atoms with Crippen LogP contribution in [0.15, 0.2) is 109 Å². The van der Waals surface area contributed by atoms with Crippen molar-refractivity contribution in [2.75, 3.05) is 26.3 Å². The van der Waals surface area contributed by atoms with Gasteiger partial charge in [0.25, 0.3) is 0 Å². The maximum Gasteiger partial charge on any atom is 0.247 e. The number of hydrogen-bond acceptors (Lipinski definition) is 3. The third-order valence-electron chi connectivity index (χ3n) is 6.89. The molecule has 6 nitrogen and oxygen atoms in total. The number of carbonyl (C=O) groups is 2. The van der Waals surface area contributed by atoms with Gasteiger partial charge in [-0.05, 0) is 60.4 Å². The molecule has 0 aliphatic heterocycles. The Kier molecular flexibility index (Phi) is 11.7. The van der Waals surface area contributed by atoms with Crippen LogP contribution in [0.5, 0.6) is 0 Å². The van der Waals surface area contributed by atoms with Crippen LogP contribution in [0.25, 0.3) is 6.08 Å². The molecule has 4 rings (SSSR count). The summed E-state index contributed by atoms with van der Waals surface area (Å²) in [7, 11) is 0. The molecule has 1 heterocycles. The van der Waals surface area contributed by atoms with Crippen LogP contribution >= 0.6 is 0 Å². The fraction of sp³-hybridized carbons (Fsp3) is 0.257. The van der Waals surface area contributed by atoms with E-state index in [4.69, 9.17) is 4.74 Å². The predicted molar refractivity (Wildman–Crippen MR) is 164 cm³/mol. The summed E-state index contributed by atoms with van der Waals surface area (Å²) in [6.07, 6.45) is 5.89. The largest absolute Gasteiger partial charge is 0.382 e. The summed E-state index contributed by atoms with van der Waals surface area (Å²) in [6.45, 7) is 4.74. The first-order chi connectivity index (χ1) is 20.5. The van der Waals surface area contributed by atoms with Crippen molar-refractivity contribution >= 4 is 17.9 Å². The lowest BCUT2D eigenvalue weighted by molar-refractivity contribution is -0.139. The number of rotatable bonds is 15. The average Bonchev–Trinajstić information content (AvgIpc) is 3.45. The Morgan fingerprint density at radius 3 is 2.26 bits per heavy atom. The lowest BCUT2D eigenvalue weighted by atomic mass is 10.2. The summed E-state index contributed by atoms with van der Waals surface area (Å²) in [6, 6.07) is 29.8. The highest BCUT2D eigenvalue weighted by Gasteiger charge is 2.22. The molecule has 42 heavy (non-hydrogen) atoms. The lowest BCUT2D eigenvalue weighted by Gasteiger charge is -2.28. The highest BCUT2D eigenvalue weighted by molar-refractivity contribution is 5.94. The summed E-state index contributed by atoms with van der Waals surface area (Å²) in [5.74, 6) is -0.639. The molecule has 0 aliphatic rings. The van der Waals surface area contributed by atoms with Gasteiger partial charge in [0.1, 0.15) is 12.4 Å². The molecule has 1 aromatic heterocycles. The van der Waals surface area contributed by atoms with E-state index in [2.05, 4.69) is 4.57 Å². The van der Waals surface area contributed by atoms with Gasteiger partial charge in [0.15, 0.2) is 0 Å². The zero-order chi connectivity index (χ0) is 29.6. The Labute approximate surface area is 247 Å². The molecular formula is C35H38FN3O3. The summed E-state index contributed by atoms with van der Waals surface area (Å²) in [4.78, 5) is 30.6. The fourth-order valence-corrected chi connectivity index (χ4v) is 4.63. The molecule has 0 atom stereocenters. The third-order valence-corrected chi connectivity index (χ3v) is 6.89. The Morgan fingerprint density at radius 2 is 1.55 bits per heavy atom. The number of aromatic nitrogens is 1. The van der Waals surface area contributed by atoms with Crippen molar-refractivity contribution in [3.05, 3.63) is 138 Å². The molecule has 0 N–H and O–H groups in total. The first-order valence-electron chi connectivity index (χ1n) is 14.3. The number of carbonyl (C=O) groups excluding carboxylic acids is 2. The van der Waals surface area contributed by atoms with Crippen LogP contribution in [-0.4, -0.2) is 52.5 Å². The molecule has 218 valence electrons. The number of nitrogens with zero attached hydrogens (tertiary/aromatic N) is 3. The van der Waals surface area contributed by atoms with Gasteiger partial charge in [0.05, 0.1) is 6.54 Å². The second-order valence-electron chi connectivity index (χ2n) is 10.0. The minimum absolute atomic E-state index is 0.0460. The molecule has 7 heteroatoms. The maximum atomic E-state index is 13.9. The molecule has 0 bridgehead atoms. The van der Waals surface area contributed by atoms with Crippen LogP contribution in [-0.2, 0) is 34.0 Å². The van der Waals surface area contributed by atoms with Crippen molar-refractivity contribution in [1.82, 2.24) is 14.4 Å². The highest BCUT2D eigenvalue weighted by Crippen LogP contribution is 2.15. The van der Waals surface area contributed by atoms with E-state index in [9.17, 15) is 14.0 Å². The lowest BCUT2D eigenvalue weighted by Crippen LogP contribution is -2.42. The van der Waals surface area contributed by atoms with E-state index in [1.807, 2.05) is 85.9 Å².